The molecule has 0 amide bonds. The van der Waals surface area contributed by atoms with Crippen molar-refractivity contribution in [2.75, 3.05) is 33.3 Å². The van der Waals surface area contributed by atoms with E-state index in [9.17, 15) is 0 Å². The molecule has 1 aromatic carbocycles. The maximum Gasteiger partial charge on any atom is 0.119 e. The average Bonchev–Trinajstić information content (AvgIpc) is 3.04. The summed E-state index contributed by atoms with van der Waals surface area (Å²) in [4.78, 5) is 2.55. The molecule has 21 heavy (non-hydrogen) atoms. The van der Waals surface area contributed by atoms with Crippen molar-refractivity contribution in [3.8, 4) is 5.75 Å². The number of benzene rings is 1. The number of nitrogens with one attached hydrogen (secondary N) is 1. The van der Waals surface area contributed by atoms with Gasteiger partial charge in [0.25, 0.3) is 0 Å². The van der Waals surface area contributed by atoms with E-state index in [1.54, 1.807) is 0 Å². The van der Waals surface area contributed by atoms with Crippen LogP contribution in [-0.2, 0) is 6.42 Å². The smallest absolute Gasteiger partial charge is 0.119 e. The lowest BCUT2D eigenvalue weighted by Gasteiger charge is -2.25. The molecule has 3 heteroatoms. The Bertz CT molecular complexity index is 455. The Kier molecular flexibility index (Phi) is 5.15. The molecule has 0 radical (unpaired) electrons. The summed E-state index contributed by atoms with van der Waals surface area (Å²) in [5.74, 6) is 1.04. The van der Waals surface area contributed by atoms with E-state index in [4.69, 9.17) is 4.74 Å². The van der Waals surface area contributed by atoms with Crippen molar-refractivity contribution in [2.24, 2.45) is 0 Å². The second-order valence-electron chi connectivity index (χ2n) is 6.34. The quantitative estimate of drug-likeness (QED) is 0.814. The standard InChI is InChI=1S/C18H28N2O/c1-19-18-7-4-6-15-8-9-16(14-17(15)18)21-13-5-12-20-10-2-3-11-20/h8-9,14,18-19H,2-7,10-13H2,1H3. The van der Waals surface area contributed by atoms with E-state index in [2.05, 4.69) is 35.5 Å². The molecule has 3 nitrogen and oxygen atoms in total. The molecule has 1 aromatic rings. The van der Waals surface area contributed by atoms with Gasteiger partial charge in [-0.05, 0) is 81.9 Å². The van der Waals surface area contributed by atoms with E-state index < -0.39 is 0 Å². The van der Waals surface area contributed by atoms with Gasteiger partial charge in [0.05, 0.1) is 6.61 Å². The summed E-state index contributed by atoms with van der Waals surface area (Å²) >= 11 is 0. The predicted octanol–water partition coefficient (Wildman–Crippen LogP) is 3.15. The Morgan fingerprint density at radius 1 is 1.24 bits per heavy atom. The first-order valence-electron chi connectivity index (χ1n) is 8.52. The molecule has 1 unspecified atom stereocenters. The molecule has 116 valence electrons. The molecule has 1 saturated heterocycles. The third-order valence-corrected chi connectivity index (χ3v) is 4.87. The molecule has 1 atom stereocenters. The highest BCUT2D eigenvalue weighted by Crippen LogP contribution is 2.32. The fourth-order valence-corrected chi connectivity index (χ4v) is 3.65. The van der Waals surface area contributed by atoms with Gasteiger partial charge in [-0.15, -0.1) is 0 Å². The van der Waals surface area contributed by atoms with Crippen LogP contribution in [0.5, 0.6) is 5.75 Å². The van der Waals surface area contributed by atoms with Crippen molar-refractivity contribution >= 4 is 0 Å². The van der Waals surface area contributed by atoms with Crippen LogP contribution in [0.3, 0.4) is 0 Å². The molecular formula is C18H28N2O. The van der Waals surface area contributed by atoms with Crippen molar-refractivity contribution in [2.45, 2.75) is 44.6 Å². The number of ether oxygens (including phenoxy) is 1. The Labute approximate surface area is 128 Å². The molecule has 1 aliphatic carbocycles. The van der Waals surface area contributed by atoms with E-state index in [1.165, 1.54) is 62.9 Å². The number of rotatable bonds is 6. The van der Waals surface area contributed by atoms with Crippen LogP contribution in [0.25, 0.3) is 0 Å². The summed E-state index contributed by atoms with van der Waals surface area (Å²) in [5.41, 5.74) is 2.94. The minimum absolute atomic E-state index is 0.502. The van der Waals surface area contributed by atoms with Gasteiger partial charge in [-0.1, -0.05) is 6.07 Å². The lowest BCUT2D eigenvalue weighted by Crippen LogP contribution is -2.22. The largest absolute Gasteiger partial charge is 0.494 e. The summed E-state index contributed by atoms with van der Waals surface area (Å²) in [6.07, 6.45) is 7.61. The Morgan fingerprint density at radius 3 is 2.90 bits per heavy atom. The highest BCUT2D eigenvalue weighted by molar-refractivity contribution is 5.39. The van der Waals surface area contributed by atoms with Crippen LogP contribution in [0.4, 0.5) is 0 Å². The van der Waals surface area contributed by atoms with Gasteiger partial charge in [0.1, 0.15) is 5.75 Å². The van der Waals surface area contributed by atoms with Crippen LogP contribution in [0, 0.1) is 0 Å². The Balaban J connectivity index is 1.51. The van der Waals surface area contributed by atoms with Crippen molar-refractivity contribution < 1.29 is 4.74 Å². The fourth-order valence-electron chi connectivity index (χ4n) is 3.65. The number of hydrogen-bond donors (Lipinski definition) is 1. The van der Waals surface area contributed by atoms with E-state index >= 15 is 0 Å². The van der Waals surface area contributed by atoms with Crippen molar-refractivity contribution in [1.29, 1.82) is 0 Å². The van der Waals surface area contributed by atoms with Crippen LogP contribution in [0.2, 0.25) is 0 Å². The Morgan fingerprint density at radius 2 is 2.10 bits per heavy atom. The third-order valence-electron chi connectivity index (χ3n) is 4.87. The molecule has 2 aliphatic rings. The summed E-state index contributed by atoms with van der Waals surface area (Å²) in [5, 5.41) is 3.43. The lowest BCUT2D eigenvalue weighted by atomic mass is 9.87. The minimum atomic E-state index is 0.502. The highest BCUT2D eigenvalue weighted by Gasteiger charge is 2.19. The fraction of sp³-hybridized carbons (Fsp3) is 0.667. The van der Waals surface area contributed by atoms with Gasteiger partial charge in [0, 0.05) is 12.6 Å². The predicted molar refractivity (Wildman–Crippen MR) is 87.0 cm³/mol. The van der Waals surface area contributed by atoms with Gasteiger partial charge in [-0.3, -0.25) is 0 Å². The van der Waals surface area contributed by atoms with Crippen LogP contribution >= 0.6 is 0 Å². The second-order valence-corrected chi connectivity index (χ2v) is 6.34. The molecule has 0 aromatic heterocycles. The average molecular weight is 288 g/mol. The Hall–Kier alpha value is -1.06. The zero-order valence-corrected chi connectivity index (χ0v) is 13.2. The molecule has 3 rings (SSSR count). The summed E-state index contributed by atoms with van der Waals surface area (Å²) in [7, 11) is 2.06. The SMILES string of the molecule is CNC1CCCc2ccc(OCCCN3CCCC3)cc21. The third kappa shape index (κ3) is 3.78. The van der Waals surface area contributed by atoms with Crippen molar-refractivity contribution in [1.82, 2.24) is 10.2 Å². The molecule has 1 aliphatic heterocycles. The minimum Gasteiger partial charge on any atom is -0.494 e. The molecule has 1 N–H and O–H groups in total. The maximum absolute atomic E-state index is 5.97. The first-order valence-corrected chi connectivity index (χ1v) is 8.52. The van der Waals surface area contributed by atoms with Gasteiger partial charge >= 0.3 is 0 Å². The zero-order valence-electron chi connectivity index (χ0n) is 13.2. The summed E-state index contributed by atoms with van der Waals surface area (Å²) in [6, 6.07) is 7.16. The van der Waals surface area contributed by atoms with Crippen molar-refractivity contribution in [3.05, 3.63) is 29.3 Å². The number of hydrogen-bond acceptors (Lipinski definition) is 3. The topological polar surface area (TPSA) is 24.5 Å². The van der Waals surface area contributed by atoms with Crippen molar-refractivity contribution in [3.63, 3.8) is 0 Å². The van der Waals surface area contributed by atoms with Crippen LogP contribution in [0.15, 0.2) is 18.2 Å². The molecule has 1 fully saturated rings. The van der Waals surface area contributed by atoms with Gasteiger partial charge in [0.2, 0.25) is 0 Å². The van der Waals surface area contributed by atoms with Crippen LogP contribution < -0.4 is 10.1 Å². The second kappa shape index (κ2) is 7.28. The first-order chi connectivity index (χ1) is 10.4. The maximum atomic E-state index is 5.97. The number of fused-ring (bicyclic) bond motifs is 1. The first kappa shape index (κ1) is 14.9. The zero-order chi connectivity index (χ0) is 14.5. The van der Waals surface area contributed by atoms with Gasteiger partial charge in [-0.2, -0.15) is 0 Å². The van der Waals surface area contributed by atoms with E-state index in [-0.39, 0.29) is 0 Å². The number of aryl methyl sites for hydroxylation is 1. The molecule has 0 saturated carbocycles. The van der Waals surface area contributed by atoms with E-state index in [0.29, 0.717) is 6.04 Å². The lowest BCUT2D eigenvalue weighted by molar-refractivity contribution is 0.263. The summed E-state index contributed by atoms with van der Waals surface area (Å²) < 4.78 is 5.97. The van der Waals surface area contributed by atoms with Crippen LogP contribution in [-0.4, -0.2) is 38.2 Å². The van der Waals surface area contributed by atoms with Crippen LogP contribution in [0.1, 0.15) is 49.3 Å². The van der Waals surface area contributed by atoms with E-state index in [0.717, 1.165) is 18.8 Å². The van der Waals surface area contributed by atoms with Gasteiger partial charge in [0.15, 0.2) is 0 Å². The normalized spacial score (nSPS) is 22.2. The molecular weight excluding hydrogens is 260 g/mol. The molecule has 0 spiro atoms. The molecule has 0 bridgehead atoms. The highest BCUT2D eigenvalue weighted by atomic mass is 16.5. The van der Waals surface area contributed by atoms with Gasteiger partial charge < -0.3 is 15.0 Å². The van der Waals surface area contributed by atoms with Gasteiger partial charge in [-0.25, -0.2) is 0 Å². The number of nitrogens with zero attached hydrogens (tertiary/aromatic N) is 1. The van der Waals surface area contributed by atoms with E-state index in [1.807, 2.05) is 0 Å². The summed E-state index contributed by atoms with van der Waals surface area (Å²) in [6.45, 7) is 4.58. The monoisotopic (exact) mass is 288 g/mol. The molecule has 1 heterocycles. The number of likely N-dealkylation sites (tertiary alicyclic amines) is 1.